The van der Waals surface area contributed by atoms with Gasteiger partial charge in [0.05, 0.1) is 0 Å². The number of hydrogen-bond donors (Lipinski definition) is 0. The zero-order valence-electron chi connectivity index (χ0n) is 14.4. The molecular formula is C19H18O5S. The molecule has 5 nitrogen and oxygen atoms in total. The van der Waals surface area contributed by atoms with Crippen molar-refractivity contribution in [1.82, 2.24) is 0 Å². The predicted molar refractivity (Wildman–Crippen MR) is 95.7 cm³/mol. The number of rotatable bonds is 3. The van der Waals surface area contributed by atoms with Gasteiger partial charge in [-0.05, 0) is 68.1 Å². The second kappa shape index (κ2) is 6.04. The van der Waals surface area contributed by atoms with E-state index in [0.717, 1.165) is 11.1 Å². The molecule has 130 valence electrons. The smallest absolute Gasteiger partial charge is 0.339 e. The molecule has 1 aromatic heterocycles. The first-order valence-corrected chi connectivity index (χ1v) is 9.15. The summed E-state index contributed by atoms with van der Waals surface area (Å²) in [5, 5.41) is 0.683. The maximum Gasteiger partial charge on any atom is 0.339 e. The highest BCUT2D eigenvalue weighted by molar-refractivity contribution is 7.87. The van der Waals surface area contributed by atoms with Crippen LogP contribution in [0.25, 0.3) is 11.0 Å². The summed E-state index contributed by atoms with van der Waals surface area (Å²) in [6.45, 7) is 7.26. The molecule has 0 N–H and O–H groups in total. The molecule has 0 bridgehead atoms. The van der Waals surface area contributed by atoms with Crippen LogP contribution in [-0.4, -0.2) is 8.42 Å². The van der Waals surface area contributed by atoms with Gasteiger partial charge >= 0.3 is 15.7 Å². The van der Waals surface area contributed by atoms with E-state index < -0.39 is 15.7 Å². The third kappa shape index (κ3) is 3.17. The van der Waals surface area contributed by atoms with Crippen LogP contribution in [0.4, 0.5) is 0 Å². The molecule has 0 unspecified atom stereocenters. The monoisotopic (exact) mass is 358 g/mol. The van der Waals surface area contributed by atoms with Crippen LogP contribution in [0, 0.1) is 27.7 Å². The zero-order valence-corrected chi connectivity index (χ0v) is 15.2. The Morgan fingerprint density at radius 1 is 0.880 bits per heavy atom. The Labute approximate surface area is 146 Å². The van der Waals surface area contributed by atoms with Gasteiger partial charge in [0, 0.05) is 17.5 Å². The second-order valence-corrected chi connectivity index (χ2v) is 7.56. The lowest BCUT2D eigenvalue weighted by atomic mass is 10.0. The molecule has 25 heavy (non-hydrogen) atoms. The molecule has 0 aliphatic rings. The molecule has 0 spiro atoms. The second-order valence-electron chi connectivity index (χ2n) is 6.08. The summed E-state index contributed by atoms with van der Waals surface area (Å²) < 4.78 is 36.1. The predicted octanol–water partition coefficient (Wildman–Crippen LogP) is 3.79. The molecule has 0 aliphatic carbocycles. The molecule has 1 heterocycles. The molecule has 0 fully saturated rings. The van der Waals surface area contributed by atoms with Gasteiger partial charge in [0.1, 0.15) is 16.2 Å². The average Bonchev–Trinajstić information content (AvgIpc) is 2.52. The summed E-state index contributed by atoms with van der Waals surface area (Å²) in [5.74, 6) is 0.0970. The molecule has 3 rings (SSSR count). The fraction of sp³-hybridized carbons (Fsp3) is 0.211. The van der Waals surface area contributed by atoms with Crippen molar-refractivity contribution in [2.45, 2.75) is 32.6 Å². The van der Waals surface area contributed by atoms with Crippen LogP contribution in [0.1, 0.15) is 22.3 Å². The van der Waals surface area contributed by atoms with Crippen LogP contribution in [0.5, 0.6) is 5.75 Å². The molecule has 0 saturated carbocycles. The highest BCUT2D eigenvalue weighted by atomic mass is 32.2. The largest absolute Gasteiger partial charge is 0.423 e. The van der Waals surface area contributed by atoms with Crippen LogP contribution in [0.2, 0.25) is 0 Å². The van der Waals surface area contributed by atoms with Crippen molar-refractivity contribution in [2.24, 2.45) is 0 Å². The lowest BCUT2D eigenvalue weighted by molar-refractivity contribution is 0.483. The van der Waals surface area contributed by atoms with Gasteiger partial charge in [-0.3, -0.25) is 0 Å². The van der Waals surface area contributed by atoms with Gasteiger partial charge in [-0.15, -0.1) is 0 Å². The minimum Gasteiger partial charge on any atom is -0.423 e. The van der Waals surface area contributed by atoms with E-state index in [1.165, 1.54) is 18.2 Å². The van der Waals surface area contributed by atoms with E-state index in [0.29, 0.717) is 16.5 Å². The number of hydrogen-bond acceptors (Lipinski definition) is 5. The summed E-state index contributed by atoms with van der Waals surface area (Å²) in [4.78, 5) is 11.5. The lowest BCUT2D eigenvalue weighted by Gasteiger charge is -2.16. The Morgan fingerprint density at radius 3 is 2.12 bits per heavy atom. The van der Waals surface area contributed by atoms with Gasteiger partial charge in [0.2, 0.25) is 0 Å². The first-order chi connectivity index (χ1) is 11.7. The standard InChI is InChI=1S/C19H18O5S/c1-11-9-12(2)14(4)19(13(11)3)25(21,22)24-16-7-5-15-6-8-18(20)23-17(15)10-16/h5-10H,1-4H3. The Balaban J connectivity index is 2.10. The summed E-state index contributed by atoms with van der Waals surface area (Å²) in [5.41, 5.74) is 2.86. The lowest BCUT2D eigenvalue weighted by Crippen LogP contribution is -2.14. The Morgan fingerprint density at radius 2 is 1.48 bits per heavy atom. The van der Waals surface area contributed by atoms with E-state index in [9.17, 15) is 13.2 Å². The third-order valence-corrected chi connectivity index (χ3v) is 5.87. The summed E-state index contributed by atoms with van der Waals surface area (Å²) >= 11 is 0. The molecule has 3 aromatic rings. The van der Waals surface area contributed by atoms with E-state index in [2.05, 4.69) is 0 Å². The van der Waals surface area contributed by atoms with Crippen LogP contribution >= 0.6 is 0 Å². The first-order valence-electron chi connectivity index (χ1n) is 7.75. The fourth-order valence-corrected chi connectivity index (χ4v) is 4.33. The van der Waals surface area contributed by atoms with Gasteiger partial charge in [0.15, 0.2) is 0 Å². The molecule has 0 radical (unpaired) electrons. The Kier molecular flexibility index (Phi) is 4.16. The molecule has 0 aliphatic heterocycles. The van der Waals surface area contributed by atoms with E-state index >= 15 is 0 Å². The van der Waals surface area contributed by atoms with Gasteiger partial charge in [-0.25, -0.2) is 4.79 Å². The van der Waals surface area contributed by atoms with Crippen LogP contribution in [-0.2, 0) is 10.1 Å². The first kappa shape index (κ1) is 17.2. The molecule has 2 aromatic carbocycles. The van der Waals surface area contributed by atoms with Crippen molar-refractivity contribution < 1.29 is 17.0 Å². The van der Waals surface area contributed by atoms with Crippen LogP contribution in [0.3, 0.4) is 0 Å². The third-order valence-electron chi connectivity index (χ3n) is 4.35. The maximum atomic E-state index is 12.8. The van der Waals surface area contributed by atoms with E-state index in [-0.39, 0.29) is 16.2 Å². The van der Waals surface area contributed by atoms with Crippen molar-refractivity contribution >= 4 is 21.1 Å². The van der Waals surface area contributed by atoms with Crippen molar-refractivity contribution in [3.05, 3.63) is 69.1 Å². The van der Waals surface area contributed by atoms with Gasteiger partial charge in [0.25, 0.3) is 0 Å². The maximum absolute atomic E-state index is 12.8. The fourth-order valence-electron chi connectivity index (χ4n) is 2.82. The number of aryl methyl sites for hydroxylation is 2. The normalized spacial score (nSPS) is 11.7. The minimum atomic E-state index is -4.02. The van der Waals surface area contributed by atoms with Crippen LogP contribution in [0.15, 0.2) is 50.5 Å². The van der Waals surface area contributed by atoms with Crippen molar-refractivity contribution in [1.29, 1.82) is 0 Å². The van der Waals surface area contributed by atoms with Crippen LogP contribution < -0.4 is 9.81 Å². The summed E-state index contributed by atoms with van der Waals surface area (Å²) in [6.07, 6.45) is 0. The SMILES string of the molecule is Cc1cc(C)c(C)c(S(=O)(=O)Oc2ccc3ccc(=O)oc3c2)c1C. The molecule has 6 heteroatoms. The van der Waals surface area contributed by atoms with Crippen molar-refractivity contribution in [3.63, 3.8) is 0 Å². The van der Waals surface area contributed by atoms with E-state index in [1.807, 2.05) is 19.9 Å². The molecular weight excluding hydrogens is 340 g/mol. The number of benzene rings is 2. The topological polar surface area (TPSA) is 73.6 Å². The minimum absolute atomic E-state index is 0.0970. The zero-order chi connectivity index (χ0) is 18.4. The summed E-state index contributed by atoms with van der Waals surface area (Å²) in [6, 6.07) is 9.45. The van der Waals surface area contributed by atoms with Gasteiger partial charge in [-0.2, -0.15) is 8.42 Å². The molecule has 0 atom stereocenters. The van der Waals surface area contributed by atoms with E-state index in [1.54, 1.807) is 26.0 Å². The Hall–Kier alpha value is -2.60. The van der Waals surface area contributed by atoms with Gasteiger partial charge < -0.3 is 8.60 Å². The van der Waals surface area contributed by atoms with Gasteiger partial charge in [-0.1, -0.05) is 6.07 Å². The number of fused-ring (bicyclic) bond motifs is 1. The molecule has 0 amide bonds. The van der Waals surface area contributed by atoms with E-state index in [4.69, 9.17) is 8.60 Å². The molecule has 0 saturated heterocycles. The highest BCUT2D eigenvalue weighted by Crippen LogP contribution is 2.29. The summed E-state index contributed by atoms with van der Waals surface area (Å²) in [7, 11) is -4.02. The highest BCUT2D eigenvalue weighted by Gasteiger charge is 2.24. The van der Waals surface area contributed by atoms with Crippen molar-refractivity contribution in [2.75, 3.05) is 0 Å². The Bertz CT molecular complexity index is 1110. The quantitative estimate of drug-likeness (QED) is 0.526. The average molecular weight is 358 g/mol. The van der Waals surface area contributed by atoms with Crippen molar-refractivity contribution in [3.8, 4) is 5.75 Å².